The summed E-state index contributed by atoms with van der Waals surface area (Å²) in [5, 5.41) is 3.85. The van der Waals surface area contributed by atoms with E-state index >= 15 is 0 Å². The van der Waals surface area contributed by atoms with Gasteiger partial charge < -0.3 is 5.32 Å². The van der Waals surface area contributed by atoms with Crippen molar-refractivity contribution < 1.29 is 4.79 Å². The number of halogens is 1. The average Bonchev–Trinajstić information content (AvgIpc) is 2.18. The normalized spacial score (nSPS) is 22.3. The number of hydrogen-bond acceptors (Lipinski definition) is 2. The van der Waals surface area contributed by atoms with E-state index < -0.39 is 0 Å². The maximum Gasteiger partial charge on any atom is 0.168 e. The van der Waals surface area contributed by atoms with Gasteiger partial charge in [-0.05, 0) is 25.1 Å². The van der Waals surface area contributed by atoms with E-state index in [1.54, 1.807) is 12.1 Å². The molecule has 3 heteroatoms. The molecule has 1 atom stereocenters. The van der Waals surface area contributed by atoms with Gasteiger partial charge in [-0.15, -0.1) is 0 Å². The number of ketones is 1. The third kappa shape index (κ3) is 2.21. The molecular weight excluding hydrogens is 210 g/mol. The molecule has 78 valence electrons. The molecule has 2 nitrogen and oxygen atoms in total. The zero-order valence-corrected chi connectivity index (χ0v) is 9.21. The summed E-state index contributed by atoms with van der Waals surface area (Å²) in [4.78, 5) is 11.8. The Bertz CT molecular complexity index is 426. The number of fused-ring (bicyclic) bond motifs is 1. The van der Waals surface area contributed by atoms with Crippen molar-refractivity contribution in [1.29, 1.82) is 0 Å². The topological polar surface area (TPSA) is 29.1 Å². The molecule has 1 aromatic rings. The molecule has 1 N–H and O–H groups in total. The van der Waals surface area contributed by atoms with E-state index in [1.807, 2.05) is 25.1 Å². The van der Waals surface area contributed by atoms with Gasteiger partial charge in [-0.2, -0.15) is 0 Å². The predicted molar refractivity (Wildman–Crippen MR) is 62.6 cm³/mol. The highest BCUT2D eigenvalue weighted by molar-refractivity contribution is 6.31. The average molecular weight is 222 g/mol. The SMILES string of the molecule is CC1/C=C\CC(=O)c2cc(Cl)ccc2N1. The minimum atomic E-state index is 0.100. The Morgan fingerprint density at radius 1 is 1.47 bits per heavy atom. The van der Waals surface area contributed by atoms with Crippen molar-refractivity contribution in [1.82, 2.24) is 0 Å². The van der Waals surface area contributed by atoms with Crippen LogP contribution in [-0.4, -0.2) is 11.8 Å². The van der Waals surface area contributed by atoms with Crippen molar-refractivity contribution in [2.75, 3.05) is 5.32 Å². The van der Waals surface area contributed by atoms with Gasteiger partial charge >= 0.3 is 0 Å². The Hall–Kier alpha value is -1.28. The van der Waals surface area contributed by atoms with Gasteiger partial charge in [-0.25, -0.2) is 0 Å². The standard InChI is InChI=1S/C12H12ClNO/c1-8-3-2-4-12(15)10-7-9(13)5-6-11(10)14-8/h2-3,5-8,14H,4H2,1H3/b3-2-. The predicted octanol–water partition coefficient (Wildman–Crippen LogP) is 3.28. The first-order valence-corrected chi connectivity index (χ1v) is 5.30. The number of hydrogen-bond donors (Lipinski definition) is 1. The first kappa shape index (κ1) is 10.2. The number of Topliss-reactive ketones (excluding diaryl/α,β-unsaturated/α-hetero) is 1. The summed E-state index contributed by atoms with van der Waals surface area (Å²) in [7, 11) is 0. The van der Waals surface area contributed by atoms with Crippen LogP contribution in [0.1, 0.15) is 23.7 Å². The lowest BCUT2D eigenvalue weighted by Crippen LogP contribution is -2.17. The Kier molecular flexibility index (Phi) is 2.78. The molecular formula is C12H12ClNO. The Balaban J connectivity index is 2.46. The monoisotopic (exact) mass is 221 g/mol. The second-order valence-corrected chi connectivity index (χ2v) is 4.11. The zero-order valence-electron chi connectivity index (χ0n) is 8.46. The summed E-state index contributed by atoms with van der Waals surface area (Å²) >= 11 is 5.87. The van der Waals surface area contributed by atoms with Gasteiger partial charge in [0.25, 0.3) is 0 Å². The first-order valence-electron chi connectivity index (χ1n) is 4.93. The van der Waals surface area contributed by atoms with Crippen LogP contribution in [0.25, 0.3) is 0 Å². The molecule has 1 unspecified atom stereocenters. The molecule has 0 amide bonds. The number of benzene rings is 1. The molecule has 15 heavy (non-hydrogen) atoms. The molecule has 1 aromatic carbocycles. The molecule has 1 heterocycles. The lowest BCUT2D eigenvalue weighted by Gasteiger charge is -2.17. The van der Waals surface area contributed by atoms with Crippen LogP contribution in [-0.2, 0) is 0 Å². The van der Waals surface area contributed by atoms with Crippen LogP contribution in [0, 0.1) is 0 Å². The zero-order chi connectivity index (χ0) is 10.8. The van der Waals surface area contributed by atoms with Gasteiger partial charge in [0.15, 0.2) is 5.78 Å². The van der Waals surface area contributed by atoms with Crippen LogP contribution in [0.2, 0.25) is 5.02 Å². The molecule has 0 aromatic heterocycles. The van der Waals surface area contributed by atoms with Crippen molar-refractivity contribution in [3.63, 3.8) is 0 Å². The number of carbonyl (C=O) groups is 1. The Morgan fingerprint density at radius 2 is 2.27 bits per heavy atom. The fraction of sp³-hybridized carbons (Fsp3) is 0.250. The number of rotatable bonds is 0. The lowest BCUT2D eigenvalue weighted by atomic mass is 10.0. The van der Waals surface area contributed by atoms with E-state index in [9.17, 15) is 4.79 Å². The fourth-order valence-electron chi connectivity index (χ4n) is 1.66. The van der Waals surface area contributed by atoms with E-state index in [2.05, 4.69) is 5.32 Å². The number of carbonyl (C=O) groups excluding carboxylic acids is 1. The minimum absolute atomic E-state index is 0.100. The van der Waals surface area contributed by atoms with Crippen LogP contribution < -0.4 is 5.32 Å². The van der Waals surface area contributed by atoms with Crippen molar-refractivity contribution in [2.24, 2.45) is 0 Å². The van der Waals surface area contributed by atoms with Crippen LogP contribution in [0.3, 0.4) is 0 Å². The van der Waals surface area contributed by atoms with Gasteiger partial charge in [-0.3, -0.25) is 4.79 Å². The van der Waals surface area contributed by atoms with E-state index in [1.165, 1.54) is 0 Å². The summed E-state index contributed by atoms with van der Waals surface area (Å²) < 4.78 is 0. The van der Waals surface area contributed by atoms with E-state index in [0.717, 1.165) is 5.69 Å². The molecule has 0 saturated heterocycles. The van der Waals surface area contributed by atoms with E-state index in [0.29, 0.717) is 17.0 Å². The lowest BCUT2D eigenvalue weighted by molar-refractivity contribution is 0.0996. The van der Waals surface area contributed by atoms with Crippen LogP contribution in [0.15, 0.2) is 30.4 Å². The molecule has 1 aliphatic rings. The van der Waals surface area contributed by atoms with Gasteiger partial charge in [0.2, 0.25) is 0 Å². The van der Waals surface area contributed by atoms with Gasteiger partial charge in [-0.1, -0.05) is 23.8 Å². The smallest absolute Gasteiger partial charge is 0.168 e. The second kappa shape index (κ2) is 4.07. The van der Waals surface area contributed by atoms with Gasteiger partial charge in [0, 0.05) is 28.7 Å². The molecule has 0 radical (unpaired) electrons. The van der Waals surface area contributed by atoms with Crippen molar-refractivity contribution >= 4 is 23.1 Å². The summed E-state index contributed by atoms with van der Waals surface area (Å²) in [6.45, 7) is 2.05. The highest BCUT2D eigenvalue weighted by Crippen LogP contribution is 2.24. The summed E-state index contributed by atoms with van der Waals surface area (Å²) in [6.07, 6.45) is 4.33. The van der Waals surface area contributed by atoms with Gasteiger partial charge in [0.05, 0.1) is 0 Å². The van der Waals surface area contributed by atoms with Crippen molar-refractivity contribution in [3.8, 4) is 0 Å². The van der Waals surface area contributed by atoms with Gasteiger partial charge in [0.1, 0.15) is 0 Å². The third-order valence-electron chi connectivity index (χ3n) is 2.39. The first-order chi connectivity index (χ1) is 7.16. The Labute approximate surface area is 93.9 Å². The number of nitrogens with one attached hydrogen (secondary N) is 1. The highest BCUT2D eigenvalue weighted by atomic mass is 35.5. The largest absolute Gasteiger partial charge is 0.379 e. The summed E-state index contributed by atoms with van der Waals surface area (Å²) in [5.74, 6) is 0.100. The second-order valence-electron chi connectivity index (χ2n) is 3.68. The molecule has 0 fully saturated rings. The minimum Gasteiger partial charge on any atom is -0.379 e. The highest BCUT2D eigenvalue weighted by Gasteiger charge is 2.14. The molecule has 2 rings (SSSR count). The molecule has 1 aliphatic heterocycles. The third-order valence-corrected chi connectivity index (χ3v) is 2.63. The molecule has 0 saturated carbocycles. The van der Waals surface area contributed by atoms with E-state index in [4.69, 9.17) is 11.6 Å². The Morgan fingerprint density at radius 3 is 3.07 bits per heavy atom. The summed E-state index contributed by atoms with van der Waals surface area (Å²) in [6, 6.07) is 5.60. The number of anilines is 1. The molecule has 0 bridgehead atoms. The summed E-state index contributed by atoms with van der Waals surface area (Å²) in [5.41, 5.74) is 1.54. The van der Waals surface area contributed by atoms with Crippen LogP contribution >= 0.6 is 11.6 Å². The molecule has 0 spiro atoms. The fourth-order valence-corrected chi connectivity index (χ4v) is 1.83. The maximum absolute atomic E-state index is 11.8. The number of allylic oxidation sites excluding steroid dienone is 1. The molecule has 0 aliphatic carbocycles. The quantitative estimate of drug-likeness (QED) is 0.682. The maximum atomic E-state index is 11.8. The van der Waals surface area contributed by atoms with Crippen molar-refractivity contribution in [2.45, 2.75) is 19.4 Å². The van der Waals surface area contributed by atoms with Crippen molar-refractivity contribution in [3.05, 3.63) is 40.9 Å². The van der Waals surface area contributed by atoms with Crippen LogP contribution in [0.5, 0.6) is 0 Å². The van der Waals surface area contributed by atoms with E-state index in [-0.39, 0.29) is 11.8 Å². The van der Waals surface area contributed by atoms with Crippen LogP contribution in [0.4, 0.5) is 5.69 Å².